The van der Waals surface area contributed by atoms with E-state index in [1.54, 1.807) is 38.4 Å². The van der Waals surface area contributed by atoms with Gasteiger partial charge in [-0.05, 0) is 36.2 Å². The third-order valence-corrected chi connectivity index (χ3v) is 6.05. The molecule has 2 amide bonds. The smallest absolute Gasteiger partial charge is 0.258 e. The van der Waals surface area contributed by atoms with E-state index in [9.17, 15) is 18.0 Å². The summed E-state index contributed by atoms with van der Waals surface area (Å²) in [5.41, 5.74) is 0.833. The maximum atomic E-state index is 13.0. The number of imide groups is 1. The van der Waals surface area contributed by atoms with Crippen molar-refractivity contribution in [3.05, 3.63) is 59.7 Å². The number of amides is 2. The lowest BCUT2D eigenvalue weighted by Gasteiger charge is -2.18. The fraction of sp³-hybridized carbons (Fsp3) is 0.211. The lowest BCUT2D eigenvalue weighted by Crippen LogP contribution is -2.32. The largest absolute Gasteiger partial charge is 0.337 e. The Kier molecular flexibility index (Phi) is 4.92. The van der Waals surface area contributed by atoms with Crippen molar-refractivity contribution in [3.8, 4) is 11.4 Å². The fourth-order valence-electron chi connectivity index (χ4n) is 3.00. The van der Waals surface area contributed by atoms with E-state index in [2.05, 4.69) is 25.2 Å². The van der Waals surface area contributed by atoms with Crippen LogP contribution in [0, 0.1) is 5.92 Å². The van der Waals surface area contributed by atoms with Crippen molar-refractivity contribution in [2.45, 2.75) is 24.8 Å². The lowest BCUT2D eigenvalue weighted by molar-refractivity contribution is 0.0879. The zero-order valence-electron chi connectivity index (χ0n) is 16.0. The van der Waals surface area contributed by atoms with Gasteiger partial charge in [0.2, 0.25) is 21.7 Å². The molecular formula is C19H17N5O5S. The number of pyridine rings is 1. The lowest BCUT2D eigenvalue weighted by atomic mass is 10.1. The first-order chi connectivity index (χ1) is 14.3. The summed E-state index contributed by atoms with van der Waals surface area (Å²) in [6.45, 7) is 3.61. The van der Waals surface area contributed by atoms with Crippen LogP contribution in [0.25, 0.3) is 11.4 Å². The molecule has 0 aliphatic carbocycles. The average molecular weight is 427 g/mol. The number of hydrogen-bond acceptors (Lipinski definition) is 8. The molecule has 154 valence electrons. The maximum absolute atomic E-state index is 13.0. The Bertz CT molecular complexity index is 1240. The fourth-order valence-corrected chi connectivity index (χ4v) is 4.36. The number of fused-ring (bicyclic) bond motifs is 1. The summed E-state index contributed by atoms with van der Waals surface area (Å²) < 4.78 is 33.8. The molecule has 0 spiro atoms. The van der Waals surface area contributed by atoms with Crippen LogP contribution in [-0.4, -0.2) is 35.4 Å². The highest BCUT2D eigenvalue weighted by Gasteiger charge is 2.32. The monoisotopic (exact) mass is 427 g/mol. The van der Waals surface area contributed by atoms with Gasteiger partial charge in [-0.1, -0.05) is 19.0 Å². The molecule has 1 aromatic carbocycles. The third-order valence-electron chi connectivity index (χ3n) is 4.61. The zero-order valence-corrected chi connectivity index (χ0v) is 16.8. The van der Waals surface area contributed by atoms with Gasteiger partial charge in [0.25, 0.3) is 11.8 Å². The molecule has 1 atom stereocenters. The number of hydrogen-bond donors (Lipinski definition) is 2. The molecule has 3 aromatic rings. The van der Waals surface area contributed by atoms with Crippen molar-refractivity contribution in [1.29, 1.82) is 0 Å². The summed E-state index contributed by atoms with van der Waals surface area (Å²) in [5.74, 6) is -0.989. The molecule has 10 nitrogen and oxygen atoms in total. The number of nitrogens with one attached hydrogen (secondary N) is 2. The normalized spacial score (nSPS) is 14.6. The Morgan fingerprint density at radius 2 is 1.73 bits per heavy atom. The van der Waals surface area contributed by atoms with Crippen LogP contribution in [0.4, 0.5) is 0 Å². The number of aromatic nitrogens is 3. The second-order valence-electron chi connectivity index (χ2n) is 7.03. The first-order valence-electron chi connectivity index (χ1n) is 9.02. The highest BCUT2D eigenvalue weighted by molar-refractivity contribution is 7.89. The molecule has 0 saturated carbocycles. The summed E-state index contributed by atoms with van der Waals surface area (Å²) in [7, 11) is -4.05. The van der Waals surface area contributed by atoms with Gasteiger partial charge in [-0.25, -0.2) is 8.42 Å². The molecule has 30 heavy (non-hydrogen) atoms. The van der Waals surface area contributed by atoms with Crippen LogP contribution < -0.4 is 10.0 Å². The van der Waals surface area contributed by atoms with E-state index in [-0.39, 0.29) is 27.8 Å². The van der Waals surface area contributed by atoms with E-state index < -0.39 is 27.9 Å². The summed E-state index contributed by atoms with van der Waals surface area (Å²) in [6, 6.07) is 6.36. The van der Waals surface area contributed by atoms with Gasteiger partial charge >= 0.3 is 0 Å². The molecule has 4 rings (SSSR count). The summed E-state index contributed by atoms with van der Waals surface area (Å²) in [4.78, 5) is 31.6. The Morgan fingerprint density at radius 1 is 1.03 bits per heavy atom. The van der Waals surface area contributed by atoms with Gasteiger partial charge in [0.1, 0.15) is 6.04 Å². The van der Waals surface area contributed by atoms with Gasteiger partial charge in [-0.2, -0.15) is 9.71 Å². The molecule has 0 radical (unpaired) electrons. The van der Waals surface area contributed by atoms with E-state index in [4.69, 9.17) is 4.52 Å². The van der Waals surface area contributed by atoms with Crippen molar-refractivity contribution in [2.24, 2.45) is 5.92 Å². The van der Waals surface area contributed by atoms with Crippen molar-refractivity contribution in [1.82, 2.24) is 25.2 Å². The minimum Gasteiger partial charge on any atom is -0.337 e. The topological polar surface area (TPSA) is 144 Å². The van der Waals surface area contributed by atoms with E-state index in [1.165, 1.54) is 18.2 Å². The van der Waals surface area contributed by atoms with Gasteiger partial charge in [0, 0.05) is 18.0 Å². The molecule has 1 aliphatic rings. The summed E-state index contributed by atoms with van der Waals surface area (Å²) >= 11 is 0. The second-order valence-corrected chi connectivity index (χ2v) is 8.74. The Balaban J connectivity index is 1.64. The van der Waals surface area contributed by atoms with Crippen LogP contribution in [0.3, 0.4) is 0 Å². The standard InChI is InChI=1S/C19H17N5O5S/c1-10(2)15(19-21-16(23-29-19)11-5-7-20-8-6-11)24-30(27,28)12-3-4-13-14(9-12)18(26)22-17(13)25/h3-10,15,24H,1-2H3,(H,22,25,26). The molecule has 1 unspecified atom stereocenters. The van der Waals surface area contributed by atoms with Gasteiger partial charge < -0.3 is 4.52 Å². The highest BCUT2D eigenvalue weighted by atomic mass is 32.2. The van der Waals surface area contributed by atoms with Gasteiger partial charge in [0.05, 0.1) is 16.0 Å². The molecule has 2 aromatic heterocycles. The number of carbonyl (C=O) groups excluding carboxylic acids is 2. The molecule has 0 fully saturated rings. The number of benzene rings is 1. The zero-order chi connectivity index (χ0) is 21.5. The molecule has 3 heterocycles. The second kappa shape index (κ2) is 7.43. The molecular weight excluding hydrogens is 410 g/mol. The number of rotatable bonds is 6. The van der Waals surface area contributed by atoms with E-state index >= 15 is 0 Å². The van der Waals surface area contributed by atoms with Crippen LogP contribution in [0.15, 0.2) is 52.1 Å². The quantitative estimate of drug-likeness (QED) is 0.566. The molecule has 1 aliphatic heterocycles. The average Bonchev–Trinajstić information content (AvgIpc) is 3.32. The first kappa shape index (κ1) is 19.9. The van der Waals surface area contributed by atoms with Crippen LogP contribution >= 0.6 is 0 Å². The van der Waals surface area contributed by atoms with Crippen molar-refractivity contribution in [3.63, 3.8) is 0 Å². The minimum atomic E-state index is -4.05. The number of carbonyl (C=O) groups is 2. The van der Waals surface area contributed by atoms with Crippen LogP contribution in [-0.2, 0) is 10.0 Å². The summed E-state index contributed by atoms with van der Waals surface area (Å²) in [6.07, 6.45) is 3.17. The van der Waals surface area contributed by atoms with Gasteiger partial charge in [-0.3, -0.25) is 19.9 Å². The van der Waals surface area contributed by atoms with Crippen molar-refractivity contribution in [2.75, 3.05) is 0 Å². The van der Waals surface area contributed by atoms with Crippen LogP contribution in [0.5, 0.6) is 0 Å². The van der Waals surface area contributed by atoms with Crippen molar-refractivity contribution >= 4 is 21.8 Å². The molecule has 0 saturated heterocycles. The minimum absolute atomic E-state index is 0.0155. The predicted molar refractivity (Wildman–Crippen MR) is 104 cm³/mol. The van der Waals surface area contributed by atoms with E-state index in [0.717, 1.165) is 0 Å². The molecule has 0 bridgehead atoms. The molecule has 11 heteroatoms. The van der Waals surface area contributed by atoms with Gasteiger partial charge in [-0.15, -0.1) is 0 Å². The highest BCUT2D eigenvalue weighted by Crippen LogP contribution is 2.27. The van der Waals surface area contributed by atoms with Gasteiger partial charge in [0.15, 0.2) is 0 Å². The van der Waals surface area contributed by atoms with E-state index in [1.807, 2.05) is 0 Å². The Labute approximate surface area is 171 Å². The summed E-state index contributed by atoms with van der Waals surface area (Å²) in [5, 5.41) is 6.05. The number of nitrogens with zero attached hydrogens (tertiary/aromatic N) is 3. The third kappa shape index (κ3) is 3.60. The van der Waals surface area contributed by atoms with Crippen molar-refractivity contribution < 1.29 is 22.5 Å². The SMILES string of the molecule is CC(C)C(NS(=O)(=O)c1ccc2c(c1)C(=O)NC2=O)c1nc(-c2ccncc2)no1. The predicted octanol–water partition coefficient (Wildman–Crippen LogP) is 1.69. The Morgan fingerprint density at radius 3 is 2.43 bits per heavy atom. The molecule has 2 N–H and O–H groups in total. The Hall–Kier alpha value is -3.44. The van der Waals surface area contributed by atoms with Crippen LogP contribution in [0.2, 0.25) is 0 Å². The van der Waals surface area contributed by atoms with E-state index in [0.29, 0.717) is 11.4 Å². The number of sulfonamides is 1. The first-order valence-corrected chi connectivity index (χ1v) is 10.5. The maximum Gasteiger partial charge on any atom is 0.258 e. The van der Waals surface area contributed by atoms with Crippen LogP contribution in [0.1, 0.15) is 46.5 Å².